The minimum atomic E-state index is -0.0511. The Hall–Kier alpha value is -4.07. The average molecular weight is 426 g/mol. The van der Waals surface area contributed by atoms with Gasteiger partial charge < -0.3 is 9.80 Å². The molecule has 1 aliphatic rings. The third-order valence-corrected chi connectivity index (χ3v) is 5.80. The molecule has 8 nitrogen and oxygen atoms in total. The molecule has 160 valence electrons. The van der Waals surface area contributed by atoms with E-state index >= 15 is 0 Å². The minimum absolute atomic E-state index is 0.0300. The SMILES string of the molecule is Cn1ncc2c(N3CCN(C(=O)c4ccc(C(=O)c5ccccc5)cc4)CC3)ncnc21. The van der Waals surface area contributed by atoms with Crippen LogP contribution in [0.5, 0.6) is 0 Å². The molecule has 1 saturated heterocycles. The predicted octanol–water partition coefficient (Wildman–Crippen LogP) is 2.56. The molecule has 8 heteroatoms. The van der Waals surface area contributed by atoms with Gasteiger partial charge in [-0.1, -0.05) is 42.5 Å². The van der Waals surface area contributed by atoms with Crippen molar-refractivity contribution in [2.45, 2.75) is 0 Å². The average Bonchev–Trinajstić information content (AvgIpc) is 3.25. The Morgan fingerprint density at radius 2 is 1.47 bits per heavy atom. The zero-order valence-corrected chi connectivity index (χ0v) is 17.7. The van der Waals surface area contributed by atoms with E-state index in [0.29, 0.717) is 42.9 Å². The van der Waals surface area contributed by atoms with Crippen LogP contribution in [-0.4, -0.2) is 62.5 Å². The largest absolute Gasteiger partial charge is 0.352 e. The summed E-state index contributed by atoms with van der Waals surface area (Å²) in [7, 11) is 1.86. The van der Waals surface area contributed by atoms with Gasteiger partial charge in [0.25, 0.3) is 5.91 Å². The number of aromatic nitrogens is 4. The van der Waals surface area contributed by atoms with Crippen LogP contribution < -0.4 is 4.90 Å². The lowest BCUT2D eigenvalue weighted by molar-refractivity contribution is 0.0746. The first kappa shape index (κ1) is 19.9. The van der Waals surface area contributed by atoms with Gasteiger partial charge in [0.1, 0.15) is 12.1 Å². The zero-order chi connectivity index (χ0) is 22.1. The van der Waals surface area contributed by atoms with E-state index in [1.165, 1.54) is 0 Å². The van der Waals surface area contributed by atoms with Crippen LogP contribution in [0, 0.1) is 0 Å². The number of piperazine rings is 1. The Kier molecular flexibility index (Phi) is 5.10. The third-order valence-electron chi connectivity index (χ3n) is 5.80. The summed E-state index contributed by atoms with van der Waals surface area (Å²) in [4.78, 5) is 38.3. The summed E-state index contributed by atoms with van der Waals surface area (Å²) in [5, 5.41) is 5.18. The predicted molar refractivity (Wildman–Crippen MR) is 121 cm³/mol. The number of carbonyl (C=O) groups is 2. The van der Waals surface area contributed by atoms with Crippen molar-refractivity contribution in [3.8, 4) is 0 Å². The maximum atomic E-state index is 13.0. The Morgan fingerprint density at radius 1 is 0.812 bits per heavy atom. The fraction of sp³-hybridized carbons (Fsp3) is 0.208. The molecule has 0 radical (unpaired) electrons. The molecule has 0 saturated carbocycles. The highest BCUT2D eigenvalue weighted by atomic mass is 16.2. The second-order valence-corrected chi connectivity index (χ2v) is 7.75. The van der Waals surface area contributed by atoms with Gasteiger partial charge in [-0.3, -0.25) is 14.3 Å². The van der Waals surface area contributed by atoms with E-state index < -0.39 is 0 Å². The Balaban J connectivity index is 1.26. The Morgan fingerprint density at radius 3 is 2.19 bits per heavy atom. The highest BCUT2D eigenvalue weighted by molar-refractivity contribution is 6.09. The fourth-order valence-corrected chi connectivity index (χ4v) is 4.03. The molecule has 5 rings (SSSR count). The smallest absolute Gasteiger partial charge is 0.253 e. The first-order valence-corrected chi connectivity index (χ1v) is 10.5. The normalized spacial score (nSPS) is 14.0. The number of amides is 1. The van der Waals surface area contributed by atoms with Crippen molar-refractivity contribution in [2.75, 3.05) is 31.1 Å². The molecule has 1 aliphatic heterocycles. The number of nitrogens with zero attached hydrogens (tertiary/aromatic N) is 6. The quantitative estimate of drug-likeness (QED) is 0.467. The molecule has 0 atom stereocenters. The lowest BCUT2D eigenvalue weighted by Crippen LogP contribution is -2.49. The molecule has 0 unspecified atom stereocenters. The molecule has 1 amide bonds. The van der Waals surface area contributed by atoms with E-state index in [-0.39, 0.29) is 11.7 Å². The van der Waals surface area contributed by atoms with Gasteiger partial charge >= 0.3 is 0 Å². The summed E-state index contributed by atoms with van der Waals surface area (Å²) in [5.74, 6) is 0.765. The van der Waals surface area contributed by atoms with Crippen LogP contribution in [0.15, 0.2) is 67.1 Å². The van der Waals surface area contributed by atoms with E-state index in [9.17, 15) is 9.59 Å². The number of rotatable bonds is 4. The molecule has 0 aliphatic carbocycles. The molecule has 0 bridgehead atoms. The van der Waals surface area contributed by atoms with Crippen LogP contribution in [0.3, 0.4) is 0 Å². The van der Waals surface area contributed by atoms with E-state index in [2.05, 4.69) is 20.0 Å². The number of carbonyl (C=O) groups excluding carboxylic acids is 2. The molecular formula is C24H22N6O2. The van der Waals surface area contributed by atoms with Crippen LogP contribution in [0.1, 0.15) is 26.3 Å². The van der Waals surface area contributed by atoms with Crippen molar-refractivity contribution in [3.63, 3.8) is 0 Å². The van der Waals surface area contributed by atoms with Gasteiger partial charge in [0.2, 0.25) is 0 Å². The molecule has 2 aromatic carbocycles. The number of aryl methyl sites for hydroxylation is 1. The highest BCUT2D eigenvalue weighted by Gasteiger charge is 2.24. The first-order chi connectivity index (χ1) is 15.6. The molecular weight excluding hydrogens is 404 g/mol. The second-order valence-electron chi connectivity index (χ2n) is 7.75. The minimum Gasteiger partial charge on any atom is -0.352 e. The number of fused-ring (bicyclic) bond motifs is 1. The van der Waals surface area contributed by atoms with Gasteiger partial charge in [-0.2, -0.15) is 5.10 Å². The summed E-state index contributed by atoms with van der Waals surface area (Å²) in [5.41, 5.74) is 2.58. The van der Waals surface area contributed by atoms with Crippen molar-refractivity contribution < 1.29 is 9.59 Å². The van der Waals surface area contributed by atoms with Crippen LogP contribution in [0.4, 0.5) is 5.82 Å². The van der Waals surface area contributed by atoms with E-state index in [1.807, 2.05) is 30.1 Å². The molecule has 4 aromatic rings. The summed E-state index contributed by atoms with van der Waals surface area (Å²) in [6, 6.07) is 16.0. The van der Waals surface area contributed by atoms with E-state index in [0.717, 1.165) is 16.9 Å². The number of hydrogen-bond donors (Lipinski definition) is 0. The summed E-state index contributed by atoms with van der Waals surface area (Å²) in [6.45, 7) is 2.54. The van der Waals surface area contributed by atoms with Gasteiger partial charge in [0, 0.05) is 49.9 Å². The fourth-order valence-electron chi connectivity index (χ4n) is 4.03. The highest BCUT2D eigenvalue weighted by Crippen LogP contribution is 2.23. The molecule has 2 aromatic heterocycles. The topological polar surface area (TPSA) is 84.2 Å². The van der Waals surface area contributed by atoms with Crippen LogP contribution in [-0.2, 0) is 7.05 Å². The van der Waals surface area contributed by atoms with Crippen molar-refractivity contribution in [1.29, 1.82) is 0 Å². The third kappa shape index (κ3) is 3.60. The van der Waals surface area contributed by atoms with Crippen molar-refractivity contribution in [3.05, 3.63) is 83.8 Å². The monoisotopic (exact) mass is 426 g/mol. The van der Waals surface area contributed by atoms with Crippen LogP contribution in [0.25, 0.3) is 11.0 Å². The number of ketones is 1. The molecule has 3 heterocycles. The Labute approximate surface area is 185 Å². The second kappa shape index (κ2) is 8.22. The molecule has 1 fully saturated rings. The lowest BCUT2D eigenvalue weighted by atomic mass is 10.0. The number of anilines is 1. The van der Waals surface area contributed by atoms with Gasteiger partial charge in [0.15, 0.2) is 11.4 Å². The summed E-state index contributed by atoms with van der Waals surface area (Å²) in [6.07, 6.45) is 3.33. The molecule has 0 N–H and O–H groups in total. The Bertz CT molecular complexity index is 1280. The number of benzene rings is 2. The van der Waals surface area contributed by atoms with Crippen LogP contribution in [0.2, 0.25) is 0 Å². The zero-order valence-electron chi connectivity index (χ0n) is 17.7. The van der Waals surface area contributed by atoms with Gasteiger partial charge in [-0.05, 0) is 12.1 Å². The molecule has 32 heavy (non-hydrogen) atoms. The van der Waals surface area contributed by atoms with E-state index in [4.69, 9.17) is 0 Å². The molecule has 0 spiro atoms. The standard InChI is InChI=1S/C24H22N6O2/c1-28-22-20(15-27-28)23(26-16-25-22)29-11-13-30(14-12-29)24(32)19-9-7-18(8-10-19)21(31)17-5-3-2-4-6-17/h2-10,15-16H,11-14H2,1H3. The van der Waals surface area contributed by atoms with Crippen molar-refractivity contribution >= 4 is 28.5 Å². The summed E-state index contributed by atoms with van der Waals surface area (Å²) < 4.78 is 1.73. The maximum absolute atomic E-state index is 13.0. The number of hydrogen-bond acceptors (Lipinski definition) is 6. The van der Waals surface area contributed by atoms with Gasteiger partial charge in [-0.15, -0.1) is 0 Å². The van der Waals surface area contributed by atoms with Crippen molar-refractivity contribution in [2.24, 2.45) is 7.05 Å². The van der Waals surface area contributed by atoms with Crippen LogP contribution >= 0.6 is 0 Å². The summed E-state index contributed by atoms with van der Waals surface area (Å²) >= 11 is 0. The first-order valence-electron chi connectivity index (χ1n) is 10.5. The van der Waals surface area contributed by atoms with E-state index in [1.54, 1.807) is 53.6 Å². The van der Waals surface area contributed by atoms with Gasteiger partial charge in [0.05, 0.1) is 11.6 Å². The van der Waals surface area contributed by atoms with Gasteiger partial charge in [-0.25, -0.2) is 9.97 Å². The maximum Gasteiger partial charge on any atom is 0.253 e. The lowest BCUT2D eigenvalue weighted by Gasteiger charge is -2.35. The van der Waals surface area contributed by atoms with Crippen molar-refractivity contribution in [1.82, 2.24) is 24.6 Å².